The molecule has 2 unspecified atom stereocenters. The Balaban J connectivity index is 1.76. The van der Waals surface area contributed by atoms with E-state index >= 15 is 0 Å². The molecule has 1 aromatic heterocycles. The molecule has 2 aliphatic rings. The predicted octanol–water partition coefficient (Wildman–Crippen LogP) is 0.347. The molecule has 2 aliphatic heterocycles. The molecule has 0 saturated carbocycles. The number of carbonyl (C=O) groups excluding carboxylic acids is 3. The van der Waals surface area contributed by atoms with Crippen LogP contribution in [-0.4, -0.2) is 74.7 Å². The van der Waals surface area contributed by atoms with Crippen molar-refractivity contribution >= 4 is 39.1 Å². The molecule has 3 rings (SSSR count). The van der Waals surface area contributed by atoms with Gasteiger partial charge in [-0.25, -0.2) is 8.42 Å². The number of piperazine rings is 1. The molecule has 2 atom stereocenters. The van der Waals surface area contributed by atoms with Crippen molar-refractivity contribution in [2.24, 2.45) is 5.92 Å². The Morgan fingerprint density at radius 3 is 2.72 bits per heavy atom. The molecule has 29 heavy (non-hydrogen) atoms. The number of piperidine rings is 1. The van der Waals surface area contributed by atoms with Crippen LogP contribution in [0.5, 0.6) is 0 Å². The first kappa shape index (κ1) is 21.7. The lowest BCUT2D eigenvalue weighted by Gasteiger charge is -2.39. The highest BCUT2D eigenvalue weighted by Gasteiger charge is 2.40. The standard InChI is InChI=1S/C18H25N3O6S2/c1-12-5-6-16(28-12)29(25,26)20-8-3-4-13(11-20)18(24)21-9-7-19-17(23)14(21)10-15(22)27-2/h5-6,13-14H,3-4,7-11H2,1-2H3,(H,19,23). The molecule has 9 nitrogen and oxygen atoms in total. The van der Waals surface area contributed by atoms with Gasteiger partial charge >= 0.3 is 5.97 Å². The van der Waals surface area contributed by atoms with Crippen LogP contribution >= 0.6 is 11.3 Å². The number of carbonyl (C=O) groups is 3. The Bertz CT molecular complexity index is 897. The van der Waals surface area contributed by atoms with Gasteiger partial charge < -0.3 is 15.0 Å². The second kappa shape index (κ2) is 8.80. The van der Waals surface area contributed by atoms with Gasteiger partial charge in [0, 0.05) is 31.1 Å². The third-order valence-electron chi connectivity index (χ3n) is 5.24. The molecule has 0 bridgehead atoms. The van der Waals surface area contributed by atoms with E-state index in [-0.39, 0.29) is 29.6 Å². The van der Waals surface area contributed by atoms with E-state index in [1.165, 1.54) is 27.7 Å². The fourth-order valence-corrected chi connectivity index (χ4v) is 6.66. The summed E-state index contributed by atoms with van der Waals surface area (Å²) in [5.41, 5.74) is 0. The number of rotatable bonds is 5. The van der Waals surface area contributed by atoms with E-state index in [9.17, 15) is 22.8 Å². The van der Waals surface area contributed by atoms with Crippen LogP contribution in [0.3, 0.4) is 0 Å². The van der Waals surface area contributed by atoms with Crippen molar-refractivity contribution in [2.75, 3.05) is 33.3 Å². The summed E-state index contributed by atoms with van der Waals surface area (Å²) in [6, 6.07) is 2.41. The van der Waals surface area contributed by atoms with E-state index in [2.05, 4.69) is 10.1 Å². The van der Waals surface area contributed by atoms with Crippen molar-refractivity contribution in [3.8, 4) is 0 Å². The lowest BCUT2D eigenvalue weighted by atomic mass is 9.96. The number of sulfonamides is 1. The van der Waals surface area contributed by atoms with Crippen LogP contribution in [0, 0.1) is 12.8 Å². The monoisotopic (exact) mass is 443 g/mol. The second-order valence-corrected chi connectivity index (χ2v) is 10.6. The van der Waals surface area contributed by atoms with Gasteiger partial charge in [0.1, 0.15) is 10.3 Å². The van der Waals surface area contributed by atoms with Crippen molar-refractivity contribution < 1.29 is 27.5 Å². The maximum Gasteiger partial charge on any atom is 0.308 e. The van der Waals surface area contributed by atoms with Gasteiger partial charge in [0.25, 0.3) is 10.0 Å². The van der Waals surface area contributed by atoms with Crippen LogP contribution in [0.4, 0.5) is 0 Å². The molecular weight excluding hydrogens is 418 g/mol. The Hall–Kier alpha value is -1.98. The molecule has 2 saturated heterocycles. The number of aryl methyl sites for hydroxylation is 1. The van der Waals surface area contributed by atoms with Crippen molar-refractivity contribution in [1.82, 2.24) is 14.5 Å². The average molecular weight is 444 g/mol. The van der Waals surface area contributed by atoms with E-state index in [0.29, 0.717) is 25.9 Å². The molecule has 0 aromatic carbocycles. The maximum absolute atomic E-state index is 13.2. The third kappa shape index (κ3) is 4.62. The molecule has 2 fully saturated rings. The summed E-state index contributed by atoms with van der Waals surface area (Å²) >= 11 is 1.21. The molecule has 1 aromatic rings. The van der Waals surface area contributed by atoms with Gasteiger partial charge in [-0.3, -0.25) is 14.4 Å². The van der Waals surface area contributed by atoms with E-state index in [0.717, 1.165) is 4.88 Å². The van der Waals surface area contributed by atoms with Crippen LogP contribution < -0.4 is 5.32 Å². The van der Waals surface area contributed by atoms with Crippen molar-refractivity contribution in [1.29, 1.82) is 0 Å². The summed E-state index contributed by atoms with van der Waals surface area (Å²) in [7, 11) is -2.43. The SMILES string of the molecule is COC(=O)CC1C(=O)NCCN1C(=O)C1CCCN(S(=O)(=O)c2ccc(C)s2)C1. The summed E-state index contributed by atoms with van der Waals surface area (Å²) in [6.07, 6.45) is 0.871. The number of hydrogen-bond acceptors (Lipinski definition) is 7. The van der Waals surface area contributed by atoms with Crippen molar-refractivity contribution in [3.63, 3.8) is 0 Å². The molecule has 11 heteroatoms. The molecule has 2 amide bonds. The molecule has 0 radical (unpaired) electrons. The van der Waals surface area contributed by atoms with E-state index in [1.807, 2.05) is 6.92 Å². The van der Waals surface area contributed by atoms with Gasteiger partial charge in [0.2, 0.25) is 11.8 Å². The van der Waals surface area contributed by atoms with Crippen LogP contribution in [0.2, 0.25) is 0 Å². The van der Waals surface area contributed by atoms with Crippen molar-refractivity contribution in [2.45, 2.75) is 36.4 Å². The van der Waals surface area contributed by atoms with Gasteiger partial charge in [0.15, 0.2) is 0 Å². The van der Waals surface area contributed by atoms with Gasteiger partial charge in [-0.05, 0) is 31.9 Å². The maximum atomic E-state index is 13.2. The molecule has 3 heterocycles. The number of nitrogens with one attached hydrogen (secondary N) is 1. The highest BCUT2D eigenvalue weighted by molar-refractivity contribution is 7.91. The number of hydrogen-bond donors (Lipinski definition) is 1. The summed E-state index contributed by atoms with van der Waals surface area (Å²) in [5, 5.41) is 2.66. The predicted molar refractivity (Wildman–Crippen MR) is 106 cm³/mol. The first-order valence-corrected chi connectivity index (χ1v) is 11.7. The highest BCUT2D eigenvalue weighted by atomic mass is 32.2. The van der Waals surface area contributed by atoms with Crippen LogP contribution in [0.1, 0.15) is 24.1 Å². The van der Waals surface area contributed by atoms with E-state index < -0.39 is 33.9 Å². The van der Waals surface area contributed by atoms with Crippen LogP contribution in [-0.2, 0) is 29.1 Å². The fraction of sp³-hybridized carbons (Fsp3) is 0.611. The zero-order valence-electron chi connectivity index (χ0n) is 16.4. The topological polar surface area (TPSA) is 113 Å². The Morgan fingerprint density at radius 1 is 1.31 bits per heavy atom. The summed E-state index contributed by atoms with van der Waals surface area (Å²) < 4.78 is 32.1. The quantitative estimate of drug-likeness (QED) is 0.657. The third-order valence-corrected chi connectivity index (χ3v) is 8.58. The summed E-state index contributed by atoms with van der Waals surface area (Å²) in [6.45, 7) is 2.84. The molecular formula is C18H25N3O6S2. The zero-order valence-corrected chi connectivity index (χ0v) is 18.1. The second-order valence-electron chi connectivity index (χ2n) is 7.19. The van der Waals surface area contributed by atoms with Gasteiger partial charge in [0.05, 0.1) is 19.4 Å². The van der Waals surface area contributed by atoms with Crippen LogP contribution in [0.25, 0.3) is 0 Å². The normalized spacial score (nSPS) is 23.5. The van der Waals surface area contributed by atoms with Crippen LogP contribution in [0.15, 0.2) is 16.3 Å². The number of ether oxygens (including phenoxy) is 1. The number of amides is 2. The van der Waals surface area contributed by atoms with E-state index in [1.54, 1.807) is 12.1 Å². The minimum Gasteiger partial charge on any atom is -0.469 e. The minimum atomic E-state index is -3.66. The van der Waals surface area contributed by atoms with Gasteiger partial charge in [-0.15, -0.1) is 11.3 Å². The Morgan fingerprint density at radius 2 is 2.07 bits per heavy atom. The first-order chi connectivity index (χ1) is 13.7. The molecule has 0 spiro atoms. The average Bonchev–Trinajstić information content (AvgIpc) is 3.16. The van der Waals surface area contributed by atoms with E-state index in [4.69, 9.17) is 0 Å². The zero-order chi connectivity index (χ0) is 21.2. The Kier molecular flexibility index (Phi) is 6.59. The van der Waals surface area contributed by atoms with Gasteiger partial charge in [-0.2, -0.15) is 4.31 Å². The fourth-order valence-electron chi connectivity index (χ4n) is 3.70. The number of thiophene rings is 1. The van der Waals surface area contributed by atoms with Crippen molar-refractivity contribution in [3.05, 3.63) is 17.0 Å². The van der Waals surface area contributed by atoms with Gasteiger partial charge in [-0.1, -0.05) is 0 Å². The Labute approximate surface area is 174 Å². The number of nitrogens with zero attached hydrogens (tertiary/aromatic N) is 2. The number of esters is 1. The highest BCUT2D eigenvalue weighted by Crippen LogP contribution is 2.29. The molecule has 0 aliphatic carbocycles. The first-order valence-electron chi connectivity index (χ1n) is 9.45. The summed E-state index contributed by atoms with van der Waals surface area (Å²) in [5.74, 6) is -1.82. The minimum absolute atomic E-state index is 0.0706. The molecule has 1 N–H and O–H groups in total. The smallest absolute Gasteiger partial charge is 0.308 e. The summed E-state index contributed by atoms with van der Waals surface area (Å²) in [4.78, 5) is 39.4. The molecule has 160 valence electrons. The lowest BCUT2D eigenvalue weighted by molar-refractivity contribution is -0.152. The lowest BCUT2D eigenvalue weighted by Crippen LogP contribution is -2.60. The largest absolute Gasteiger partial charge is 0.469 e. The number of methoxy groups -OCH3 is 1.